The average molecular weight is 522 g/mol. The molecule has 1 aromatic carbocycles. The molecule has 39 heavy (non-hydrogen) atoms. The summed E-state index contributed by atoms with van der Waals surface area (Å²) in [4.78, 5) is 3.65. The van der Waals surface area contributed by atoms with E-state index in [0.717, 1.165) is 12.8 Å². The average Bonchev–Trinajstić information content (AvgIpc) is 3.55. The molecule has 2 aromatic rings. The number of nitrogens with one attached hydrogen (secondary N) is 1. The van der Waals surface area contributed by atoms with E-state index in [9.17, 15) is 0 Å². The highest BCUT2D eigenvalue weighted by Crippen LogP contribution is 2.50. The van der Waals surface area contributed by atoms with E-state index in [2.05, 4.69) is 111 Å². The van der Waals surface area contributed by atoms with Crippen molar-refractivity contribution in [2.75, 3.05) is 0 Å². The van der Waals surface area contributed by atoms with Crippen LogP contribution in [0.4, 0.5) is 0 Å². The Kier molecular flexibility index (Phi) is 11.2. The molecule has 1 aromatic heterocycles. The number of aryl methyl sites for hydroxylation is 1. The van der Waals surface area contributed by atoms with Crippen LogP contribution >= 0.6 is 0 Å². The molecule has 5 unspecified atom stereocenters. The predicted molar refractivity (Wildman–Crippen MR) is 174 cm³/mol. The van der Waals surface area contributed by atoms with Gasteiger partial charge in [-0.2, -0.15) is 0 Å². The topological polar surface area (TPSA) is 15.8 Å². The number of H-pyrrole nitrogens is 1. The van der Waals surface area contributed by atoms with Gasteiger partial charge in [0.25, 0.3) is 0 Å². The van der Waals surface area contributed by atoms with Crippen LogP contribution in [0.1, 0.15) is 79.4 Å². The highest BCUT2D eigenvalue weighted by molar-refractivity contribution is 5.84. The highest BCUT2D eigenvalue weighted by Gasteiger charge is 2.41. The Hall–Kier alpha value is -3.06. The number of allylic oxidation sites excluding steroid dienone is 10. The van der Waals surface area contributed by atoms with Crippen LogP contribution in [0.3, 0.4) is 0 Å². The van der Waals surface area contributed by atoms with Crippen molar-refractivity contribution in [2.24, 2.45) is 29.6 Å². The van der Waals surface area contributed by atoms with E-state index in [0.29, 0.717) is 29.6 Å². The summed E-state index contributed by atoms with van der Waals surface area (Å²) in [5.74, 6) is 2.56. The molecular weight excluding hydrogens is 470 g/mol. The van der Waals surface area contributed by atoms with Crippen molar-refractivity contribution in [1.82, 2.24) is 4.98 Å². The van der Waals surface area contributed by atoms with E-state index in [4.69, 9.17) is 0 Å². The summed E-state index contributed by atoms with van der Waals surface area (Å²) in [6, 6.07) is 13.6. The minimum absolute atomic E-state index is 0.420. The third-order valence-electron chi connectivity index (χ3n) is 8.09. The van der Waals surface area contributed by atoms with Gasteiger partial charge < -0.3 is 4.98 Å². The number of rotatable bonds is 1. The summed E-state index contributed by atoms with van der Waals surface area (Å²) >= 11 is 0. The Morgan fingerprint density at radius 1 is 0.769 bits per heavy atom. The number of benzene rings is 1. The van der Waals surface area contributed by atoms with Crippen LogP contribution < -0.4 is 10.7 Å². The molecule has 4 bridgehead atoms. The van der Waals surface area contributed by atoms with E-state index in [1.54, 1.807) is 0 Å². The zero-order valence-corrected chi connectivity index (χ0v) is 25.9. The molecule has 0 saturated carbocycles. The van der Waals surface area contributed by atoms with Gasteiger partial charge in [0.1, 0.15) is 0 Å². The third-order valence-corrected chi connectivity index (χ3v) is 8.09. The van der Waals surface area contributed by atoms with E-state index in [-0.39, 0.29) is 0 Å². The van der Waals surface area contributed by atoms with Gasteiger partial charge >= 0.3 is 0 Å². The molecule has 0 saturated heterocycles. The molecule has 3 aliphatic carbocycles. The monoisotopic (exact) mass is 521 g/mol. The molecule has 0 radical (unpaired) electrons. The molecule has 5 atom stereocenters. The van der Waals surface area contributed by atoms with Gasteiger partial charge in [0, 0.05) is 16.6 Å². The van der Waals surface area contributed by atoms with Crippen LogP contribution in [0.25, 0.3) is 17.7 Å². The number of hydrogen-bond donors (Lipinski definition) is 1. The van der Waals surface area contributed by atoms with Gasteiger partial charge in [0.15, 0.2) is 0 Å². The van der Waals surface area contributed by atoms with Crippen LogP contribution in [0.5, 0.6) is 0 Å². The van der Waals surface area contributed by atoms with Crippen molar-refractivity contribution < 1.29 is 0 Å². The van der Waals surface area contributed by atoms with Crippen molar-refractivity contribution in [1.29, 1.82) is 0 Å². The van der Waals surface area contributed by atoms with Gasteiger partial charge in [-0.1, -0.05) is 126 Å². The first-order valence-corrected chi connectivity index (χ1v) is 15.5. The van der Waals surface area contributed by atoms with Gasteiger partial charge in [0.2, 0.25) is 0 Å². The Bertz CT molecular complexity index is 1370. The number of aromatic nitrogens is 1. The molecule has 1 aliphatic heterocycles. The molecule has 1 heteroatoms. The van der Waals surface area contributed by atoms with E-state index >= 15 is 0 Å². The zero-order valence-electron chi connectivity index (χ0n) is 25.9. The summed E-state index contributed by atoms with van der Waals surface area (Å²) in [6.45, 7) is 18.8. The first-order chi connectivity index (χ1) is 19.0. The number of hydrogen-bond acceptors (Lipinski definition) is 0. The van der Waals surface area contributed by atoms with Crippen molar-refractivity contribution in [3.05, 3.63) is 111 Å². The molecule has 0 amide bonds. The lowest BCUT2D eigenvalue weighted by molar-refractivity contribution is 0.262. The normalized spacial score (nSPS) is 33.1. The summed E-state index contributed by atoms with van der Waals surface area (Å²) < 4.78 is 0. The molecular formula is C38H51N. The summed E-state index contributed by atoms with van der Waals surface area (Å²) in [5.41, 5.74) is 8.49. The van der Waals surface area contributed by atoms with Crippen LogP contribution in [-0.2, 0) is 0 Å². The van der Waals surface area contributed by atoms with Gasteiger partial charge in [-0.15, -0.1) is 0 Å². The minimum atomic E-state index is 0.420. The number of fused-ring (bicyclic) bond motifs is 3. The molecule has 6 rings (SSSR count). The maximum Gasteiger partial charge on any atom is 0.0350 e. The highest BCUT2D eigenvalue weighted by atomic mass is 14.7. The predicted octanol–water partition coefficient (Wildman–Crippen LogP) is 9.34. The lowest BCUT2D eigenvalue weighted by Crippen LogP contribution is -2.31. The molecule has 1 N–H and O–H groups in total. The van der Waals surface area contributed by atoms with Gasteiger partial charge in [-0.25, -0.2) is 0 Å². The molecule has 1 nitrogen and oxygen atoms in total. The standard InChI is InChI=1S/C32H33N.3C2H6/c1-20-5-4-6-24(15-20)31-22(3)8-9-23-17-27-12-13-28(33-27)19-26-11-10-25-16-21(2)7-14-29(31)30(18-23)32(25)26;3*1-2/h4-15,17,19,23,25-26,30,32-33H,16,18H2,1-3H3;3*1-2H3/b9-8+,21-7+,27-17-,28-19-,29-14+,31-22+;;;. The Morgan fingerprint density at radius 3 is 2.21 bits per heavy atom. The zero-order chi connectivity index (χ0) is 28.5. The smallest absolute Gasteiger partial charge is 0.0350 e. The third kappa shape index (κ3) is 6.75. The molecule has 208 valence electrons. The second kappa shape index (κ2) is 14.4. The van der Waals surface area contributed by atoms with Gasteiger partial charge in [-0.05, 0) is 91.7 Å². The van der Waals surface area contributed by atoms with E-state index in [1.165, 1.54) is 44.1 Å². The molecule has 4 aliphatic rings. The second-order valence-corrected chi connectivity index (χ2v) is 10.5. The van der Waals surface area contributed by atoms with Crippen LogP contribution in [0, 0.1) is 36.5 Å². The Labute approximate surface area is 238 Å². The first kappa shape index (κ1) is 30.5. The van der Waals surface area contributed by atoms with Crippen molar-refractivity contribution in [2.45, 2.75) is 75.2 Å². The largest absolute Gasteiger partial charge is 0.356 e. The fourth-order valence-electron chi connectivity index (χ4n) is 6.64. The first-order valence-electron chi connectivity index (χ1n) is 15.5. The van der Waals surface area contributed by atoms with Crippen LogP contribution in [0.2, 0.25) is 0 Å². The summed E-state index contributed by atoms with van der Waals surface area (Å²) in [5, 5.41) is 2.49. The van der Waals surface area contributed by atoms with Gasteiger partial charge in [-0.3, -0.25) is 0 Å². The quantitative estimate of drug-likeness (QED) is 0.360. The second-order valence-electron chi connectivity index (χ2n) is 10.5. The van der Waals surface area contributed by atoms with E-state index < -0.39 is 0 Å². The van der Waals surface area contributed by atoms with Crippen LogP contribution in [-0.4, -0.2) is 4.98 Å². The van der Waals surface area contributed by atoms with E-state index in [1.807, 2.05) is 41.5 Å². The number of aromatic amines is 1. The van der Waals surface area contributed by atoms with Crippen molar-refractivity contribution in [3.8, 4) is 0 Å². The SMILES string of the molecule is CC.CC.CC.CC1=C(c2cccc(C)c2)\C2=C\C=C(/C)CC3C=CC4/C=c5/cc/c([nH]5)=C/C(\C=C\1)CC2C43. The lowest BCUT2D eigenvalue weighted by Gasteiger charge is -2.38. The molecule has 2 heterocycles. The Morgan fingerprint density at radius 2 is 1.49 bits per heavy atom. The maximum absolute atomic E-state index is 3.65. The summed E-state index contributed by atoms with van der Waals surface area (Å²) in [7, 11) is 0. The fraction of sp³-hybridized carbons (Fsp3) is 0.421. The van der Waals surface area contributed by atoms with Crippen molar-refractivity contribution in [3.63, 3.8) is 0 Å². The maximum atomic E-state index is 3.65. The van der Waals surface area contributed by atoms with Crippen LogP contribution in [0.15, 0.2) is 89.6 Å². The molecule has 0 fully saturated rings. The Balaban J connectivity index is 0.000000657. The minimum Gasteiger partial charge on any atom is -0.356 e. The molecule has 0 spiro atoms. The van der Waals surface area contributed by atoms with Gasteiger partial charge in [0.05, 0.1) is 0 Å². The fourth-order valence-corrected chi connectivity index (χ4v) is 6.64. The lowest BCUT2D eigenvalue weighted by atomic mass is 9.65. The van der Waals surface area contributed by atoms with Crippen molar-refractivity contribution >= 4 is 17.7 Å². The summed E-state index contributed by atoms with van der Waals surface area (Å²) in [6.07, 6.45) is 21.9.